The van der Waals surface area contributed by atoms with E-state index in [0.717, 1.165) is 16.8 Å². The number of rotatable bonds is 3. The Morgan fingerprint density at radius 3 is 2.38 bits per heavy atom. The van der Waals surface area contributed by atoms with Gasteiger partial charge >= 0.3 is 0 Å². The van der Waals surface area contributed by atoms with Gasteiger partial charge in [0.2, 0.25) is 0 Å². The first-order valence-electron chi connectivity index (χ1n) is 8.37. The molecule has 0 amide bonds. The van der Waals surface area contributed by atoms with Crippen LogP contribution in [0, 0.1) is 6.92 Å². The van der Waals surface area contributed by atoms with Crippen LogP contribution in [0.3, 0.4) is 0 Å². The summed E-state index contributed by atoms with van der Waals surface area (Å²) in [7, 11) is 0. The van der Waals surface area contributed by atoms with Gasteiger partial charge in [0, 0.05) is 11.1 Å². The van der Waals surface area contributed by atoms with Crippen LogP contribution in [0.25, 0.3) is 17.3 Å². The summed E-state index contributed by atoms with van der Waals surface area (Å²) in [6.07, 6.45) is 5.53. The SMILES string of the molecule is Cc1ccccc1-c1ccc(/C=C2/C=CC(c3ccccc3O)=N2)n1O. The molecule has 0 fully saturated rings. The molecular formula is C22H18N2O2. The maximum Gasteiger partial charge on any atom is 0.124 e. The third-order valence-electron chi connectivity index (χ3n) is 4.44. The van der Waals surface area contributed by atoms with Crippen molar-refractivity contribution in [1.82, 2.24) is 4.73 Å². The number of para-hydroxylation sites is 1. The Bertz CT molecular complexity index is 1070. The van der Waals surface area contributed by atoms with Gasteiger partial charge in [-0.05, 0) is 55.0 Å². The van der Waals surface area contributed by atoms with Gasteiger partial charge in [-0.3, -0.25) is 0 Å². The number of aryl methyl sites for hydroxylation is 1. The van der Waals surface area contributed by atoms with Crippen LogP contribution in [-0.2, 0) is 0 Å². The van der Waals surface area contributed by atoms with E-state index < -0.39 is 0 Å². The number of hydrogen-bond donors (Lipinski definition) is 2. The Hall–Kier alpha value is -3.53. The maximum absolute atomic E-state index is 10.6. The van der Waals surface area contributed by atoms with Gasteiger partial charge in [0.25, 0.3) is 0 Å². The normalized spacial score (nSPS) is 14.8. The number of benzene rings is 2. The summed E-state index contributed by atoms with van der Waals surface area (Å²) >= 11 is 0. The van der Waals surface area contributed by atoms with E-state index in [0.29, 0.717) is 22.7 Å². The summed E-state index contributed by atoms with van der Waals surface area (Å²) in [5.74, 6) is 0.199. The second-order valence-corrected chi connectivity index (χ2v) is 6.19. The first kappa shape index (κ1) is 16.0. The molecule has 0 spiro atoms. The average molecular weight is 342 g/mol. The zero-order valence-electron chi connectivity index (χ0n) is 14.3. The number of nitrogens with zero attached hydrogens (tertiary/aromatic N) is 2. The van der Waals surface area contributed by atoms with E-state index >= 15 is 0 Å². The molecule has 3 aromatic rings. The molecule has 26 heavy (non-hydrogen) atoms. The largest absolute Gasteiger partial charge is 0.507 e. The number of aromatic nitrogens is 1. The Morgan fingerprint density at radius 1 is 0.885 bits per heavy atom. The van der Waals surface area contributed by atoms with Gasteiger partial charge in [-0.2, -0.15) is 4.73 Å². The van der Waals surface area contributed by atoms with E-state index in [4.69, 9.17) is 0 Å². The van der Waals surface area contributed by atoms with E-state index in [2.05, 4.69) is 4.99 Å². The lowest BCUT2D eigenvalue weighted by molar-refractivity contribution is 0.190. The number of phenols is 1. The van der Waals surface area contributed by atoms with Crippen molar-refractivity contribution in [3.05, 3.63) is 95.3 Å². The molecule has 2 N–H and O–H groups in total. The average Bonchev–Trinajstić information content (AvgIpc) is 3.24. The molecular weight excluding hydrogens is 324 g/mol. The summed E-state index contributed by atoms with van der Waals surface area (Å²) in [4.78, 5) is 4.54. The zero-order chi connectivity index (χ0) is 18.1. The Balaban J connectivity index is 1.68. The molecule has 2 heterocycles. The maximum atomic E-state index is 10.6. The number of aromatic hydroxyl groups is 1. The number of phenolic OH excluding ortho intramolecular Hbond substituents is 1. The highest BCUT2D eigenvalue weighted by atomic mass is 16.5. The molecule has 0 unspecified atom stereocenters. The van der Waals surface area contributed by atoms with E-state index in [9.17, 15) is 10.3 Å². The lowest BCUT2D eigenvalue weighted by atomic mass is 10.1. The minimum Gasteiger partial charge on any atom is -0.507 e. The van der Waals surface area contributed by atoms with Crippen molar-refractivity contribution in [2.45, 2.75) is 6.92 Å². The standard InChI is InChI=1S/C22H18N2O2/c1-15-6-2-3-7-18(15)21-13-11-17(24(21)26)14-16-10-12-20(23-16)19-8-4-5-9-22(19)25/h2-14,25-26H,1H3/b16-14-. The van der Waals surface area contributed by atoms with E-state index in [-0.39, 0.29) is 5.75 Å². The molecule has 2 aromatic carbocycles. The van der Waals surface area contributed by atoms with Gasteiger partial charge in [-0.15, -0.1) is 0 Å². The van der Waals surface area contributed by atoms with Crippen LogP contribution < -0.4 is 0 Å². The second-order valence-electron chi connectivity index (χ2n) is 6.19. The number of hydrogen-bond acceptors (Lipinski definition) is 3. The molecule has 0 aliphatic carbocycles. The van der Waals surface area contributed by atoms with E-state index in [1.807, 2.05) is 73.7 Å². The summed E-state index contributed by atoms with van der Waals surface area (Å²) < 4.78 is 1.18. The van der Waals surface area contributed by atoms with Crippen molar-refractivity contribution in [3.8, 4) is 17.0 Å². The van der Waals surface area contributed by atoms with E-state index in [1.165, 1.54) is 4.73 Å². The van der Waals surface area contributed by atoms with Crippen molar-refractivity contribution in [2.24, 2.45) is 4.99 Å². The summed E-state index contributed by atoms with van der Waals surface area (Å²) in [5.41, 5.74) is 5.57. The molecule has 0 saturated heterocycles. The third kappa shape index (κ3) is 2.82. The van der Waals surface area contributed by atoms with Crippen LogP contribution in [0.1, 0.15) is 16.8 Å². The Kier molecular flexibility index (Phi) is 3.93. The minimum atomic E-state index is 0.199. The summed E-state index contributed by atoms with van der Waals surface area (Å²) in [6.45, 7) is 2.02. The van der Waals surface area contributed by atoms with Crippen molar-refractivity contribution < 1.29 is 10.3 Å². The minimum absolute atomic E-state index is 0.199. The van der Waals surface area contributed by atoms with Crippen molar-refractivity contribution in [1.29, 1.82) is 0 Å². The third-order valence-corrected chi connectivity index (χ3v) is 4.44. The lowest BCUT2D eigenvalue weighted by Crippen LogP contribution is -1.97. The molecule has 128 valence electrons. The van der Waals surface area contributed by atoms with Crippen molar-refractivity contribution >= 4 is 11.8 Å². The number of allylic oxidation sites excluding steroid dienone is 2. The van der Waals surface area contributed by atoms with Gasteiger partial charge in [0.05, 0.1) is 22.8 Å². The quantitative estimate of drug-likeness (QED) is 0.671. The highest BCUT2D eigenvalue weighted by Gasteiger charge is 2.13. The first-order chi connectivity index (χ1) is 12.6. The van der Waals surface area contributed by atoms with E-state index in [1.54, 1.807) is 12.1 Å². The summed E-state index contributed by atoms with van der Waals surface area (Å²) in [5, 5.41) is 20.5. The van der Waals surface area contributed by atoms with Crippen molar-refractivity contribution in [3.63, 3.8) is 0 Å². The molecule has 1 aromatic heterocycles. The zero-order valence-corrected chi connectivity index (χ0v) is 14.3. The van der Waals surface area contributed by atoms with Crippen LogP contribution in [0.2, 0.25) is 0 Å². The van der Waals surface area contributed by atoms with Gasteiger partial charge in [0.1, 0.15) is 5.75 Å². The molecule has 4 nitrogen and oxygen atoms in total. The molecule has 1 aliphatic heterocycles. The summed E-state index contributed by atoms with van der Waals surface area (Å²) in [6, 6.07) is 18.8. The van der Waals surface area contributed by atoms with Gasteiger partial charge < -0.3 is 10.3 Å². The fraction of sp³-hybridized carbons (Fsp3) is 0.0455. The van der Waals surface area contributed by atoms with Crippen LogP contribution >= 0.6 is 0 Å². The Morgan fingerprint density at radius 2 is 1.62 bits per heavy atom. The molecule has 1 aliphatic rings. The van der Waals surface area contributed by atoms with Gasteiger partial charge in [-0.1, -0.05) is 36.4 Å². The molecule has 0 atom stereocenters. The smallest absolute Gasteiger partial charge is 0.124 e. The molecule has 4 heteroatoms. The number of aliphatic imine (C=N–C) groups is 1. The second kappa shape index (κ2) is 6.41. The van der Waals surface area contributed by atoms with Crippen molar-refractivity contribution in [2.75, 3.05) is 0 Å². The predicted octanol–water partition coefficient (Wildman–Crippen LogP) is 4.81. The highest BCUT2D eigenvalue weighted by molar-refractivity contribution is 6.13. The van der Waals surface area contributed by atoms with Crippen LogP contribution in [0.5, 0.6) is 5.75 Å². The fourth-order valence-electron chi connectivity index (χ4n) is 3.07. The first-order valence-corrected chi connectivity index (χ1v) is 8.37. The predicted molar refractivity (Wildman–Crippen MR) is 104 cm³/mol. The fourth-order valence-corrected chi connectivity index (χ4v) is 3.07. The molecule has 0 radical (unpaired) electrons. The highest BCUT2D eigenvalue weighted by Crippen LogP contribution is 2.27. The molecule has 0 saturated carbocycles. The van der Waals surface area contributed by atoms with Gasteiger partial charge in [-0.25, -0.2) is 4.99 Å². The van der Waals surface area contributed by atoms with Gasteiger partial charge in [0.15, 0.2) is 0 Å². The van der Waals surface area contributed by atoms with Crippen LogP contribution in [0.15, 0.2) is 83.5 Å². The van der Waals surface area contributed by atoms with Crippen LogP contribution in [-0.4, -0.2) is 20.8 Å². The molecule has 0 bridgehead atoms. The monoisotopic (exact) mass is 342 g/mol. The van der Waals surface area contributed by atoms with Crippen LogP contribution in [0.4, 0.5) is 0 Å². The lowest BCUT2D eigenvalue weighted by Gasteiger charge is -2.07. The molecule has 4 rings (SSSR count). The Labute approximate surface area is 151 Å². The topological polar surface area (TPSA) is 57.8 Å².